The average molecular weight is 427 g/mol. The van der Waals surface area contributed by atoms with Gasteiger partial charge in [-0.15, -0.1) is 0 Å². The van der Waals surface area contributed by atoms with E-state index in [4.69, 9.17) is 4.98 Å². The second kappa shape index (κ2) is 8.24. The van der Waals surface area contributed by atoms with E-state index in [1.807, 2.05) is 60.7 Å². The second-order valence-electron chi connectivity index (χ2n) is 7.34. The molecule has 0 spiro atoms. The first kappa shape index (κ1) is 19.3. The molecule has 0 bridgehead atoms. The molecule has 0 aliphatic carbocycles. The van der Waals surface area contributed by atoms with Crippen molar-refractivity contribution >= 4 is 23.5 Å². The summed E-state index contributed by atoms with van der Waals surface area (Å²) in [6, 6.07) is 26.5. The number of rotatable bonds is 5. The molecular formula is C25H20N3O2S+. The third-order valence-electron chi connectivity index (χ3n) is 5.17. The summed E-state index contributed by atoms with van der Waals surface area (Å²) in [6.45, 7) is 0. The van der Waals surface area contributed by atoms with Crippen molar-refractivity contribution in [1.82, 2.24) is 4.98 Å². The van der Waals surface area contributed by atoms with Gasteiger partial charge in [0.2, 0.25) is 0 Å². The highest BCUT2D eigenvalue weighted by molar-refractivity contribution is 7.99. The molecule has 0 amide bonds. The topological polar surface area (TPSA) is 66.1 Å². The number of carbonyl (C=O) groups is 1. The monoisotopic (exact) mass is 426 g/mol. The molecule has 1 unspecified atom stereocenters. The van der Waals surface area contributed by atoms with E-state index in [9.17, 15) is 9.90 Å². The van der Waals surface area contributed by atoms with Gasteiger partial charge in [-0.3, -0.25) is 5.32 Å². The second-order valence-corrected chi connectivity index (χ2v) is 8.40. The molecule has 2 N–H and O–H groups in total. The quantitative estimate of drug-likeness (QED) is 0.458. The van der Waals surface area contributed by atoms with Crippen LogP contribution in [0.2, 0.25) is 0 Å². The molecule has 5 nitrogen and oxygen atoms in total. The van der Waals surface area contributed by atoms with Crippen molar-refractivity contribution in [1.29, 1.82) is 0 Å². The number of fused-ring (bicyclic) bond motifs is 1. The van der Waals surface area contributed by atoms with Crippen LogP contribution in [0.25, 0.3) is 11.3 Å². The van der Waals surface area contributed by atoms with Gasteiger partial charge in [0.05, 0.1) is 0 Å². The maximum atomic E-state index is 13.3. The van der Waals surface area contributed by atoms with Crippen molar-refractivity contribution in [3.8, 4) is 17.0 Å². The van der Waals surface area contributed by atoms with Crippen molar-refractivity contribution in [2.45, 2.75) is 22.4 Å². The zero-order valence-corrected chi connectivity index (χ0v) is 17.4. The van der Waals surface area contributed by atoms with Crippen LogP contribution in [0.1, 0.15) is 10.4 Å². The Morgan fingerprint density at radius 3 is 2.32 bits per heavy atom. The van der Waals surface area contributed by atoms with E-state index in [-0.39, 0.29) is 17.7 Å². The predicted molar refractivity (Wildman–Crippen MR) is 120 cm³/mol. The summed E-state index contributed by atoms with van der Waals surface area (Å²) in [5, 5.41) is 13.8. The average Bonchev–Trinajstić information content (AvgIpc) is 3.11. The van der Waals surface area contributed by atoms with Crippen LogP contribution in [0.15, 0.2) is 101 Å². The maximum Gasteiger partial charge on any atom is 0.359 e. The third kappa shape index (κ3) is 4.02. The molecule has 31 heavy (non-hydrogen) atoms. The van der Waals surface area contributed by atoms with Crippen molar-refractivity contribution in [2.75, 3.05) is 5.32 Å². The van der Waals surface area contributed by atoms with E-state index >= 15 is 0 Å². The summed E-state index contributed by atoms with van der Waals surface area (Å²) in [7, 11) is 0. The van der Waals surface area contributed by atoms with Gasteiger partial charge in [-0.2, -0.15) is 4.57 Å². The Morgan fingerprint density at radius 1 is 0.935 bits per heavy atom. The summed E-state index contributed by atoms with van der Waals surface area (Å²) >= 11 is 1.52. The van der Waals surface area contributed by atoms with E-state index in [2.05, 4.69) is 5.32 Å². The smallest absolute Gasteiger partial charge is 0.359 e. The number of hydrogen-bond donors (Lipinski definition) is 2. The van der Waals surface area contributed by atoms with Gasteiger partial charge in [0.15, 0.2) is 11.1 Å². The highest BCUT2D eigenvalue weighted by Gasteiger charge is 2.41. The van der Waals surface area contributed by atoms with Crippen LogP contribution < -0.4 is 9.88 Å². The van der Waals surface area contributed by atoms with E-state index in [1.165, 1.54) is 11.8 Å². The molecule has 1 aliphatic rings. The van der Waals surface area contributed by atoms with E-state index in [0.717, 1.165) is 21.0 Å². The van der Waals surface area contributed by atoms with Crippen LogP contribution in [0.5, 0.6) is 5.75 Å². The molecule has 152 valence electrons. The lowest BCUT2D eigenvalue weighted by molar-refractivity contribution is -0.554. The van der Waals surface area contributed by atoms with Crippen molar-refractivity contribution in [3.05, 3.63) is 96.7 Å². The lowest BCUT2D eigenvalue weighted by Gasteiger charge is -2.07. The molecule has 6 heteroatoms. The molecule has 0 saturated heterocycles. The fourth-order valence-electron chi connectivity index (χ4n) is 3.61. The maximum absolute atomic E-state index is 13.3. The summed E-state index contributed by atoms with van der Waals surface area (Å²) < 4.78 is 1.67. The number of benzene rings is 3. The molecule has 5 rings (SSSR count). The van der Waals surface area contributed by atoms with E-state index < -0.39 is 0 Å². The van der Waals surface area contributed by atoms with Gasteiger partial charge in [-0.1, -0.05) is 60.3 Å². The molecule has 0 fully saturated rings. The van der Waals surface area contributed by atoms with E-state index in [0.29, 0.717) is 17.9 Å². The normalized spacial score (nSPS) is 14.8. The van der Waals surface area contributed by atoms with Gasteiger partial charge in [-0.25, -0.2) is 9.78 Å². The van der Waals surface area contributed by atoms with Crippen LogP contribution in [0.4, 0.5) is 5.82 Å². The highest BCUT2D eigenvalue weighted by atomic mass is 32.2. The summed E-state index contributed by atoms with van der Waals surface area (Å²) in [5.74, 6) is 0.899. The number of aromatic nitrogens is 2. The minimum absolute atomic E-state index is 0.00352. The molecule has 1 aliphatic heterocycles. The van der Waals surface area contributed by atoms with Gasteiger partial charge < -0.3 is 5.11 Å². The summed E-state index contributed by atoms with van der Waals surface area (Å²) in [6.07, 6.45) is 2.38. The standard InChI is InChI=1S/C25H19N3O2S/c29-19-13-11-18(12-14-19)22-16-28-23(24(27-22)31-20-9-5-2-6-10-20)26-21(25(28)30)15-17-7-3-1-4-8-17/h1-14,16,21,29H,15H2/p+1. The Hall–Kier alpha value is -3.64. The summed E-state index contributed by atoms with van der Waals surface area (Å²) in [4.78, 5) is 19.2. The number of hydrogen-bond acceptors (Lipinski definition) is 5. The van der Waals surface area contributed by atoms with Crippen molar-refractivity contribution in [3.63, 3.8) is 0 Å². The fourth-order valence-corrected chi connectivity index (χ4v) is 4.53. The predicted octanol–water partition coefficient (Wildman–Crippen LogP) is 4.57. The van der Waals surface area contributed by atoms with Gasteiger partial charge >= 0.3 is 11.7 Å². The number of nitrogens with zero attached hydrogens (tertiary/aromatic N) is 2. The first-order chi connectivity index (χ1) is 15.2. The first-order valence-corrected chi connectivity index (χ1v) is 10.8. The van der Waals surface area contributed by atoms with Crippen LogP contribution in [0.3, 0.4) is 0 Å². The lowest BCUT2D eigenvalue weighted by Crippen LogP contribution is -2.43. The molecule has 4 aromatic rings. The number of phenolic OH excluding ortho intramolecular Hbond substituents is 1. The van der Waals surface area contributed by atoms with E-state index in [1.54, 1.807) is 35.0 Å². The third-order valence-corrected chi connectivity index (χ3v) is 6.15. The molecule has 1 aromatic heterocycles. The highest BCUT2D eigenvalue weighted by Crippen LogP contribution is 2.34. The van der Waals surface area contributed by atoms with Crippen LogP contribution in [0, 0.1) is 0 Å². The molecule has 0 radical (unpaired) electrons. The van der Waals surface area contributed by atoms with Crippen LogP contribution in [-0.4, -0.2) is 22.0 Å². The lowest BCUT2D eigenvalue weighted by atomic mass is 10.1. The Morgan fingerprint density at radius 2 is 1.61 bits per heavy atom. The van der Waals surface area contributed by atoms with Gasteiger partial charge in [0.25, 0.3) is 0 Å². The van der Waals surface area contributed by atoms with Crippen LogP contribution >= 0.6 is 11.8 Å². The molecule has 1 atom stereocenters. The van der Waals surface area contributed by atoms with Crippen LogP contribution in [-0.2, 0) is 6.42 Å². The Kier molecular flexibility index (Phi) is 5.14. The zero-order valence-electron chi connectivity index (χ0n) is 16.6. The van der Waals surface area contributed by atoms with Crippen molar-refractivity contribution < 1.29 is 14.5 Å². The van der Waals surface area contributed by atoms with Gasteiger partial charge in [-0.05, 0) is 42.0 Å². The molecule has 2 heterocycles. The Labute approximate surface area is 184 Å². The van der Waals surface area contributed by atoms with Gasteiger partial charge in [0.1, 0.15) is 17.6 Å². The molecular weight excluding hydrogens is 406 g/mol. The summed E-state index contributed by atoms with van der Waals surface area (Å²) in [5.41, 5.74) is 2.62. The minimum atomic E-state index is -0.352. The molecule has 0 saturated carbocycles. The number of aromatic hydroxyl groups is 1. The number of carbonyl (C=O) groups excluding carboxylic acids is 1. The fraction of sp³-hybridized carbons (Fsp3) is 0.0800. The zero-order chi connectivity index (χ0) is 21.2. The number of anilines is 1. The minimum Gasteiger partial charge on any atom is -0.508 e. The largest absolute Gasteiger partial charge is 0.508 e. The van der Waals surface area contributed by atoms with Gasteiger partial charge in [0, 0.05) is 16.9 Å². The Balaban J connectivity index is 1.55. The SMILES string of the molecule is O=C1C(Cc2ccccc2)Nc2c(Sc3ccccc3)nc(-c3ccc(O)cc3)c[n+]21. The van der Waals surface area contributed by atoms with Crippen molar-refractivity contribution in [2.24, 2.45) is 0 Å². The first-order valence-electron chi connectivity index (χ1n) is 10.0. The molecule has 3 aromatic carbocycles. The Bertz CT molecular complexity index is 1230. The number of phenols is 1. The number of nitrogens with one attached hydrogen (secondary N) is 1.